The molecule has 0 spiro atoms. The molecule has 0 aromatic heterocycles. The monoisotopic (exact) mass is 775 g/mol. The second kappa shape index (κ2) is 15.6. The molecule has 11 aromatic carbocycles. The van der Waals surface area contributed by atoms with E-state index in [-0.39, 0.29) is 0 Å². The smallest absolute Gasteiger partial charge is 0.0546 e. The Morgan fingerprint density at radius 2 is 0.607 bits per heavy atom. The lowest BCUT2D eigenvalue weighted by Crippen LogP contribution is -2.12. The first-order valence-corrected chi connectivity index (χ1v) is 21.0. The van der Waals surface area contributed by atoms with Crippen molar-refractivity contribution in [3.63, 3.8) is 0 Å². The van der Waals surface area contributed by atoms with Gasteiger partial charge in [-0.3, -0.25) is 0 Å². The molecule has 0 radical (unpaired) electrons. The molecule has 11 rings (SSSR count). The van der Waals surface area contributed by atoms with Crippen LogP contribution in [0.5, 0.6) is 0 Å². The fraction of sp³-hybridized carbons (Fsp3) is 0. The Balaban J connectivity index is 1.09. The van der Waals surface area contributed by atoms with Crippen LogP contribution < -0.4 is 4.90 Å². The van der Waals surface area contributed by atoms with Crippen LogP contribution in [0.4, 0.5) is 17.1 Å². The van der Waals surface area contributed by atoms with Gasteiger partial charge in [-0.2, -0.15) is 0 Å². The minimum Gasteiger partial charge on any atom is -0.309 e. The first-order chi connectivity index (χ1) is 30.2. The van der Waals surface area contributed by atoms with E-state index in [1.54, 1.807) is 0 Å². The number of nitrogens with zero attached hydrogens (tertiary/aromatic N) is 1. The van der Waals surface area contributed by atoms with Gasteiger partial charge in [-0.15, -0.1) is 0 Å². The lowest BCUT2D eigenvalue weighted by molar-refractivity contribution is 1.28. The molecule has 0 aliphatic carbocycles. The maximum atomic E-state index is 2.46. The first-order valence-electron chi connectivity index (χ1n) is 21.0. The van der Waals surface area contributed by atoms with Gasteiger partial charge in [0.25, 0.3) is 0 Å². The van der Waals surface area contributed by atoms with E-state index in [1.807, 2.05) is 0 Å². The molecule has 61 heavy (non-hydrogen) atoms. The van der Waals surface area contributed by atoms with Crippen molar-refractivity contribution < 1.29 is 0 Å². The minimum absolute atomic E-state index is 1.08. The molecule has 0 fully saturated rings. The van der Waals surface area contributed by atoms with E-state index in [0.29, 0.717) is 0 Å². The third-order valence-corrected chi connectivity index (χ3v) is 12.0. The van der Waals surface area contributed by atoms with Crippen molar-refractivity contribution in [3.8, 4) is 55.6 Å². The van der Waals surface area contributed by atoms with Crippen molar-refractivity contribution in [1.29, 1.82) is 0 Å². The normalized spacial score (nSPS) is 11.3. The molecular weight excluding hydrogens is 735 g/mol. The van der Waals surface area contributed by atoms with Crippen molar-refractivity contribution in [2.75, 3.05) is 4.90 Å². The molecule has 0 saturated heterocycles. The second-order valence-corrected chi connectivity index (χ2v) is 15.8. The van der Waals surface area contributed by atoms with Gasteiger partial charge in [0.05, 0.1) is 11.4 Å². The van der Waals surface area contributed by atoms with Crippen molar-refractivity contribution >= 4 is 49.4 Å². The summed E-state index contributed by atoms with van der Waals surface area (Å²) in [6, 6.07) is 90.7. The summed E-state index contributed by atoms with van der Waals surface area (Å²) in [6.07, 6.45) is 0. The molecule has 11 aromatic rings. The number of anilines is 3. The molecule has 0 heterocycles. The zero-order chi connectivity index (χ0) is 40.5. The molecule has 0 amide bonds. The molecule has 0 atom stereocenters. The van der Waals surface area contributed by atoms with Gasteiger partial charge in [0.2, 0.25) is 0 Å². The Bertz CT molecular complexity index is 3360. The van der Waals surface area contributed by atoms with E-state index >= 15 is 0 Å². The summed E-state index contributed by atoms with van der Waals surface area (Å²) in [6.45, 7) is 0. The van der Waals surface area contributed by atoms with Crippen LogP contribution in [-0.4, -0.2) is 0 Å². The van der Waals surface area contributed by atoms with E-state index in [1.165, 1.54) is 71.3 Å². The van der Waals surface area contributed by atoms with E-state index in [4.69, 9.17) is 0 Å². The fourth-order valence-corrected chi connectivity index (χ4v) is 8.85. The highest BCUT2D eigenvalue weighted by atomic mass is 15.1. The number of para-hydroxylation sites is 1. The largest absolute Gasteiger partial charge is 0.309 e. The van der Waals surface area contributed by atoms with Crippen LogP contribution in [0.15, 0.2) is 249 Å². The SMILES string of the molecule is c1ccc(-c2ccccc2N(c2ccc(-c3cccc(-c4ccc5ccccc5c4)c3)cc2)c2cc(-c3ccc4ccccc4c3)ccc2-c2ccc3ccccc3c2)cc1. The summed E-state index contributed by atoms with van der Waals surface area (Å²) in [5.74, 6) is 0. The minimum atomic E-state index is 1.08. The van der Waals surface area contributed by atoms with E-state index in [9.17, 15) is 0 Å². The van der Waals surface area contributed by atoms with Gasteiger partial charge >= 0.3 is 0 Å². The van der Waals surface area contributed by atoms with E-state index in [2.05, 4.69) is 254 Å². The highest BCUT2D eigenvalue weighted by molar-refractivity contribution is 5.98. The van der Waals surface area contributed by atoms with Crippen molar-refractivity contribution in [3.05, 3.63) is 249 Å². The molecule has 1 nitrogen and oxygen atoms in total. The van der Waals surface area contributed by atoms with E-state index in [0.717, 1.165) is 33.8 Å². The molecule has 286 valence electrons. The highest BCUT2D eigenvalue weighted by Crippen LogP contribution is 2.47. The predicted molar refractivity (Wildman–Crippen MR) is 261 cm³/mol. The van der Waals surface area contributed by atoms with Gasteiger partial charge in [-0.05, 0) is 125 Å². The molecular formula is C60H41N. The summed E-state index contributed by atoms with van der Waals surface area (Å²) in [7, 11) is 0. The van der Waals surface area contributed by atoms with Crippen LogP contribution in [0.1, 0.15) is 0 Å². The number of hydrogen-bond acceptors (Lipinski definition) is 1. The number of rotatable bonds is 8. The van der Waals surface area contributed by atoms with Crippen molar-refractivity contribution in [2.24, 2.45) is 0 Å². The molecule has 0 unspecified atom stereocenters. The highest BCUT2D eigenvalue weighted by Gasteiger charge is 2.22. The quantitative estimate of drug-likeness (QED) is 0.149. The second-order valence-electron chi connectivity index (χ2n) is 15.8. The Hall–Kier alpha value is -8.00. The molecule has 0 aliphatic heterocycles. The van der Waals surface area contributed by atoms with Gasteiger partial charge in [0.1, 0.15) is 0 Å². The third-order valence-electron chi connectivity index (χ3n) is 12.0. The van der Waals surface area contributed by atoms with Crippen molar-refractivity contribution in [1.82, 2.24) is 0 Å². The molecule has 0 saturated carbocycles. The average molecular weight is 776 g/mol. The van der Waals surface area contributed by atoms with E-state index < -0.39 is 0 Å². The van der Waals surface area contributed by atoms with Crippen molar-refractivity contribution in [2.45, 2.75) is 0 Å². The third kappa shape index (κ3) is 7.03. The summed E-state index contributed by atoms with van der Waals surface area (Å²) >= 11 is 0. The van der Waals surface area contributed by atoms with Crippen LogP contribution in [0, 0.1) is 0 Å². The fourth-order valence-electron chi connectivity index (χ4n) is 8.85. The number of hydrogen-bond donors (Lipinski definition) is 0. The lowest BCUT2D eigenvalue weighted by atomic mass is 9.93. The zero-order valence-electron chi connectivity index (χ0n) is 33.6. The van der Waals surface area contributed by atoms with Gasteiger partial charge < -0.3 is 4.90 Å². The molecule has 0 bridgehead atoms. The topological polar surface area (TPSA) is 3.24 Å². The van der Waals surface area contributed by atoms with Crippen LogP contribution in [0.2, 0.25) is 0 Å². The number of benzene rings is 11. The molecule has 0 N–H and O–H groups in total. The van der Waals surface area contributed by atoms with Crippen LogP contribution in [-0.2, 0) is 0 Å². The van der Waals surface area contributed by atoms with Crippen LogP contribution in [0.25, 0.3) is 88.0 Å². The summed E-state index contributed by atoms with van der Waals surface area (Å²) in [4.78, 5) is 2.46. The first kappa shape index (κ1) is 36.1. The Morgan fingerprint density at radius 3 is 1.23 bits per heavy atom. The van der Waals surface area contributed by atoms with Gasteiger partial charge in [0, 0.05) is 16.8 Å². The summed E-state index contributed by atoms with van der Waals surface area (Å²) in [5.41, 5.74) is 15.1. The molecule has 0 aliphatic rings. The maximum absolute atomic E-state index is 2.46. The lowest BCUT2D eigenvalue weighted by Gasteiger charge is -2.30. The Labute approximate surface area is 357 Å². The molecule has 1 heteroatoms. The maximum Gasteiger partial charge on any atom is 0.0546 e. The van der Waals surface area contributed by atoms with Crippen LogP contribution >= 0.6 is 0 Å². The number of fused-ring (bicyclic) bond motifs is 3. The summed E-state index contributed by atoms with van der Waals surface area (Å²) in [5, 5.41) is 7.41. The Morgan fingerprint density at radius 1 is 0.197 bits per heavy atom. The van der Waals surface area contributed by atoms with Crippen LogP contribution in [0.3, 0.4) is 0 Å². The van der Waals surface area contributed by atoms with Gasteiger partial charge in [-0.1, -0.05) is 200 Å². The summed E-state index contributed by atoms with van der Waals surface area (Å²) < 4.78 is 0. The average Bonchev–Trinajstić information content (AvgIpc) is 3.34. The van der Waals surface area contributed by atoms with Gasteiger partial charge in [0.15, 0.2) is 0 Å². The Kier molecular flexibility index (Phi) is 9.26. The standard InChI is InChI=1S/C60H41N/c1-2-16-46(17-3-1)57-23-10-11-24-59(57)61(56-34-31-45(32-35-56)50-21-12-22-51(37-50)52-28-25-42-13-4-7-18-47(42)38-52)60-41-54(53-29-26-43-14-5-8-19-48(43)39-53)33-36-58(60)55-30-27-44-15-6-9-20-49(44)40-55/h1-41H. The predicted octanol–water partition coefficient (Wildman–Crippen LogP) is 17.0. The zero-order valence-corrected chi connectivity index (χ0v) is 33.6. The van der Waals surface area contributed by atoms with Gasteiger partial charge in [-0.25, -0.2) is 0 Å².